The smallest absolute Gasteiger partial charge is 0.233 e. The van der Waals surface area contributed by atoms with E-state index in [1.54, 1.807) is 14.2 Å². The van der Waals surface area contributed by atoms with Crippen LogP contribution in [0.4, 0.5) is 0 Å². The third-order valence-electron chi connectivity index (χ3n) is 3.75. The highest BCUT2D eigenvalue weighted by molar-refractivity contribution is 8.00. The number of amides is 1. The molecule has 0 saturated carbocycles. The van der Waals surface area contributed by atoms with Crippen LogP contribution in [0.25, 0.3) is 0 Å². The predicted molar refractivity (Wildman–Crippen MR) is 97.9 cm³/mol. The van der Waals surface area contributed by atoms with Gasteiger partial charge >= 0.3 is 0 Å². The Labute approximate surface area is 147 Å². The number of methoxy groups -OCH3 is 2. The van der Waals surface area contributed by atoms with Crippen molar-refractivity contribution in [2.75, 3.05) is 14.2 Å². The van der Waals surface area contributed by atoms with Crippen LogP contribution in [0.5, 0.6) is 11.5 Å². The number of carbonyl (C=O) groups excluding carboxylic acids is 1. The van der Waals surface area contributed by atoms with E-state index in [4.69, 9.17) is 9.47 Å². The summed E-state index contributed by atoms with van der Waals surface area (Å²) in [6.45, 7) is 4.49. The second kappa shape index (κ2) is 8.64. The van der Waals surface area contributed by atoms with Gasteiger partial charge in [-0.25, -0.2) is 0 Å². The molecule has 2 aromatic rings. The maximum atomic E-state index is 12.3. The van der Waals surface area contributed by atoms with Crippen LogP contribution >= 0.6 is 11.8 Å². The molecule has 1 amide bonds. The van der Waals surface area contributed by atoms with Crippen LogP contribution < -0.4 is 14.8 Å². The molecule has 128 valence electrons. The molecule has 0 fully saturated rings. The Morgan fingerprint density at radius 1 is 1.12 bits per heavy atom. The van der Waals surface area contributed by atoms with Gasteiger partial charge in [-0.1, -0.05) is 24.3 Å². The molecular formula is C19H23NO3S. The molecule has 2 aromatic carbocycles. The van der Waals surface area contributed by atoms with Crippen LogP contribution in [0.3, 0.4) is 0 Å². The van der Waals surface area contributed by atoms with Gasteiger partial charge < -0.3 is 14.8 Å². The van der Waals surface area contributed by atoms with Crippen LogP contribution in [-0.2, 0) is 11.3 Å². The first-order valence-corrected chi connectivity index (χ1v) is 8.64. The monoisotopic (exact) mass is 345 g/mol. The van der Waals surface area contributed by atoms with Gasteiger partial charge in [0.2, 0.25) is 5.91 Å². The Balaban J connectivity index is 1.95. The molecule has 0 aliphatic heterocycles. The molecule has 0 saturated heterocycles. The number of nitrogens with one attached hydrogen (secondary N) is 1. The molecule has 24 heavy (non-hydrogen) atoms. The van der Waals surface area contributed by atoms with Gasteiger partial charge in [-0.3, -0.25) is 4.79 Å². The number of hydrogen-bond acceptors (Lipinski definition) is 4. The summed E-state index contributed by atoms with van der Waals surface area (Å²) in [6.07, 6.45) is 0. The minimum atomic E-state index is -0.202. The first kappa shape index (κ1) is 18.2. The van der Waals surface area contributed by atoms with Crippen molar-refractivity contribution in [2.45, 2.75) is 30.5 Å². The summed E-state index contributed by atoms with van der Waals surface area (Å²) in [4.78, 5) is 13.3. The lowest BCUT2D eigenvalue weighted by Gasteiger charge is -2.14. The van der Waals surface area contributed by atoms with E-state index >= 15 is 0 Å². The van der Waals surface area contributed by atoms with Gasteiger partial charge in [-0.2, -0.15) is 0 Å². The Morgan fingerprint density at radius 3 is 2.50 bits per heavy atom. The SMILES string of the molecule is COc1ccc(S[C@@H](C)C(=O)NCc2ccccc2C)cc1OC. The molecule has 1 atom stereocenters. The van der Waals surface area contributed by atoms with Crippen LogP contribution in [0, 0.1) is 6.92 Å². The highest BCUT2D eigenvalue weighted by Crippen LogP contribution is 2.33. The Bertz CT molecular complexity index is 703. The summed E-state index contributed by atoms with van der Waals surface area (Å²) in [5.74, 6) is 1.35. The number of aryl methyl sites for hydroxylation is 1. The molecule has 5 heteroatoms. The Kier molecular flexibility index (Phi) is 6.55. The van der Waals surface area contributed by atoms with E-state index in [9.17, 15) is 4.79 Å². The molecular weight excluding hydrogens is 322 g/mol. The van der Waals surface area contributed by atoms with Crippen molar-refractivity contribution in [3.8, 4) is 11.5 Å². The van der Waals surface area contributed by atoms with Gasteiger partial charge in [0.15, 0.2) is 11.5 Å². The summed E-state index contributed by atoms with van der Waals surface area (Å²) < 4.78 is 10.5. The first-order valence-electron chi connectivity index (χ1n) is 7.76. The second-order valence-corrected chi connectivity index (χ2v) is 6.84. The summed E-state index contributed by atoms with van der Waals surface area (Å²) in [6, 6.07) is 13.7. The Morgan fingerprint density at radius 2 is 1.83 bits per heavy atom. The van der Waals surface area contributed by atoms with Gasteiger partial charge in [0.1, 0.15) is 0 Å². The van der Waals surface area contributed by atoms with E-state index in [0.717, 1.165) is 10.5 Å². The van der Waals surface area contributed by atoms with Gasteiger partial charge in [-0.05, 0) is 43.2 Å². The van der Waals surface area contributed by atoms with Crippen molar-refractivity contribution < 1.29 is 14.3 Å². The fraction of sp³-hybridized carbons (Fsp3) is 0.316. The largest absolute Gasteiger partial charge is 0.493 e. The zero-order valence-corrected chi connectivity index (χ0v) is 15.3. The zero-order valence-electron chi connectivity index (χ0n) is 14.5. The molecule has 2 rings (SSSR count). The number of thioether (sulfide) groups is 1. The Hall–Kier alpha value is -2.14. The van der Waals surface area contributed by atoms with Gasteiger partial charge in [0.05, 0.1) is 19.5 Å². The van der Waals surface area contributed by atoms with Gasteiger partial charge in [-0.15, -0.1) is 11.8 Å². The predicted octanol–water partition coefficient (Wildman–Crippen LogP) is 3.81. The van der Waals surface area contributed by atoms with E-state index in [-0.39, 0.29) is 11.2 Å². The fourth-order valence-electron chi connectivity index (χ4n) is 2.28. The molecule has 0 aliphatic carbocycles. The van der Waals surface area contributed by atoms with E-state index in [1.165, 1.54) is 17.3 Å². The molecule has 0 unspecified atom stereocenters. The molecule has 0 heterocycles. The summed E-state index contributed by atoms with van der Waals surface area (Å²) in [7, 11) is 3.21. The van der Waals surface area contributed by atoms with E-state index in [1.807, 2.05) is 56.3 Å². The van der Waals surface area contributed by atoms with Crippen LogP contribution in [-0.4, -0.2) is 25.4 Å². The third-order valence-corrected chi connectivity index (χ3v) is 4.85. The molecule has 0 spiro atoms. The lowest BCUT2D eigenvalue weighted by molar-refractivity contribution is -0.120. The average Bonchev–Trinajstić information content (AvgIpc) is 2.60. The zero-order chi connectivity index (χ0) is 17.5. The molecule has 4 nitrogen and oxygen atoms in total. The average molecular weight is 345 g/mol. The maximum absolute atomic E-state index is 12.3. The number of ether oxygens (including phenoxy) is 2. The summed E-state index contributed by atoms with van der Waals surface area (Å²) in [5, 5.41) is 2.79. The van der Waals surface area contributed by atoms with Crippen molar-refractivity contribution in [3.05, 3.63) is 53.6 Å². The summed E-state index contributed by atoms with van der Waals surface area (Å²) in [5.41, 5.74) is 2.31. The third kappa shape index (κ3) is 4.68. The number of rotatable bonds is 7. The fourth-order valence-corrected chi connectivity index (χ4v) is 3.20. The van der Waals surface area contributed by atoms with Crippen molar-refractivity contribution in [2.24, 2.45) is 0 Å². The highest BCUT2D eigenvalue weighted by atomic mass is 32.2. The second-order valence-electron chi connectivity index (χ2n) is 5.42. The molecule has 1 N–H and O–H groups in total. The number of hydrogen-bond donors (Lipinski definition) is 1. The lowest BCUT2D eigenvalue weighted by atomic mass is 10.1. The molecule has 0 aromatic heterocycles. The van der Waals surface area contributed by atoms with Crippen molar-refractivity contribution in [3.63, 3.8) is 0 Å². The normalized spacial score (nSPS) is 11.7. The number of carbonyl (C=O) groups is 1. The highest BCUT2D eigenvalue weighted by Gasteiger charge is 2.15. The standard InChI is InChI=1S/C19H23NO3S/c1-13-7-5-6-8-15(13)12-20-19(21)14(2)24-16-9-10-17(22-3)18(11-16)23-4/h5-11,14H,12H2,1-4H3,(H,20,21)/t14-/m0/s1. The van der Waals surface area contributed by atoms with E-state index < -0.39 is 0 Å². The number of benzene rings is 2. The molecule has 0 radical (unpaired) electrons. The van der Waals surface area contributed by atoms with Gasteiger partial charge in [0.25, 0.3) is 0 Å². The van der Waals surface area contributed by atoms with Crippen molar-refractivity contribution in [1.82, 2.24) is 5.32 Å². The quantitative estimate of drug-likeness (QED) is 0.775. The van der Waals surface area contributed by atoms with Crippen molar-refractivity contribution in [1.29, 1.82) is 0 Å². The van der Waals surface area contributed by atoms with Gasteiger partial charge in [0, 0.05) is 11.4 Å². The minimum absolute atomic E-state index is 0.0121. The first-order chi connectivity index (χ1) is 11.5. The van der Waals surface area contributed by atoms with Crippen LogP contribution in [0.1, 0.15) is 18.1 Å². The minimum Gasteiger partial charge on any atom is -0.493 e. The van der Waals surface area contributed by atoms with Crippen LogP contribution in [0.2, 0.25) is 0 Å². The van der Waals surface area contributed by atoms with Crippen LogP contribution in [0.15, 0.2) is 47.4 Å². The van der Waals surface area contributed by atoms with Crippen molar-refractivity contribution >= 4 is 17.7 Å². The maximum Gasteiger partial charge on any atom is 0.233 e. The van der Waals surface area contributed by atoms with E-state index in [0.29, 0.717) is 18.0 Å². The molecule has 0 aliphatic rings. The van der Waals surface area contributed by atoms with E-state index in [2.05, 4.69) is 5.32 Å². The lowest BCUT2D eigenvalue weighted by Crippen LogP contribution is -2.30. The molecule has 0 bridgehead atoms. The topological polar surface area (TPSA) is 47.6 Å². The summed E-state index contributed by atoms with van der Waals surface area (Å²) >= 11 is 1.49.